The molecule has 0 atom stereocenters. The Kier molecular flexibility index (Phi) is 6.78. The smallest absolute Gasteiger partial charge is 0.0595 e. The zero-order valence-corrected chi connectivity index (χ0v) is 12.0. The van der Waals surface area contributed by atoms with Crippen molar-refractivity contribution in [2.24, 2.45) is 0 Å². The number of piperidine rings is 1. The molecule has 1 aliphatic carbocycles. The van der Waals surface area contributed by atoms with Crippen LogP contribution in [-0.2, 0) is 4.74 Å². The van der Waals surface area contributed by atoms with Crippen molar-refractivity contribution in [3.05, 3.63) is 0 Å². The molecule has 3 nitrogen and oxygen atoms in total. The Labute approximate surface area is 112 Å². The lowest BCUT2D eigenvalue weighted by atomic mass is 9.89. The second-order valence-electron chi connectivity index (χ2n) is 5.27. The number of halogens is 1. The molecule has 0 aromatic carbocycles. The Morgan fingerprint density at radius 3 is 2.06 bits per heavy atom. The van der Waals surface area contributed by atoms with Crippen LogP contribution in [0.4, 0.5) is 0 Å². The maximum atomic E-state index is 5.42. The molecule has 1 saturated carbocycles. The van der Waals surface area contributed by atoms with Gasteiger partial charge in [-0.15, -0.1) is 12.4 Å². The van der Waals surface area contributed by atoms with Crippen LogP contribution in [0.5, 0.6) is 0 Å². The van der Waals surface area contributed by atoms with Gasteiger partial charge in [0.15, 0.2) is 0 Å². The summed E-state index contributed by atoms with van der Waals surface area (Å²) in [4.78, 5) is 2.70. The normalized spacial score (nSPS) is 32.1. The van der Waals surface area contributed by atoms with E-state index in [9.17, 15) is 0 Å². The van der Waals surface area contributed by atoms with Gasteiger partial charge in [-0.2, -0.15) is 0 Å². The minimum atomic E-state index is 0. The molecule has 0 radical (unpaired) electrons. The molecular formula is C13H27ClN2O. The molecule has 4 heteroatoms. The first-order valence-corrected chi connectivity index (χ1v) is 6.77. The number of nitrogens with zero attached hydrogens (tertiary/aromatic N) is 1. The van der Waals surface area contributed by atoms with Crippen molar-refractivity contribution in [1.29, 1.82) is 0 Å². The molecule has 0 bridgehead atoms. The minimum Gasteiger partial charge on any atom is -0.381 e. The molecule has 17 heavy (non-hydrogen) atoms. The third-order valence-corrected chi connectivity index (χ3v) is 4.43. The molecule has 1 heterocycles. The number of ether oxygens (including phenoxy) is 1. The molecule has 102 valence electrons. The Hall–Kier alpha value is 0.170. The molecule has 2 aliphatic rings. The van der Waals surface area contributed by atoms with E-state index < -0.39 is 0 Å². The summed E-state index contributed by atoms with van der Waals surface area (Å²) in [5, 5.41) is 3.41. The number of likely N-dealkylation sites (tertiary alicyclic amines) is 1. The topological polar surface area (TPSA) is 24.5 Å². The number of rotatable bonds is 3. The summed E-state index contributed by atoms with van der Waals surface area (Å²) >= 11 is 0. The fourth-order valence-electron chi connectivity index (χ4n) is 3.21. The summed E-state index contributed by atoms with van der Waals surface area (Å²) in [7, 11) is 3.94. The van der Waals surface area contributed by atoms with E-state index >= 15 is 0 Å². The molecule has 0 amide bonds. The Morgan fingerprint density at radius 2 is 1.59 bits per heavy atom. The highest BCUT2D eigenvalue weighted by atomic mass is 35.5. The molecule has 0 unspecified atom stereocenters. The molecule has 1 aliphatic heterocycles. The van der Waals surface area contributed by atoms with Gasteiger partial charge in [0.05, 0.1) is 6.10 Å². The highest BCUT2D eigenvalue weighted by Gasteiger charge is 2.28. The fraction of sp³-hybridized carbons (Fsp3) is 1.00. The lowest BCUT2D eigenvalue weighted by molar-refractivity contribution is 0.0195. The van der Waals surface area contributed by atoms with Crippen LogP contribution >= 0.6 is 12.4 Å². The second-order valence-corrected chi connectivity index (χ2v) is 5.27. The van der Waals surface area contributed by atoms with E-state index in [4.69, 9.17) is 4.74 Å². The van der Waals surface area contributed by atoms with Crippen LogP contribution in [-0.4, -0.2) is 50.3 Å². The van der Waals surface area contributed by atoms with Crippen molar-refractivity contribution >= 4 is 12.4 Å². The molecule has 1 N–H and O–H groups in total. The fourth-order valence-corrected chi connectivity index (χ4v) is 3.21. The monoisotopic (exact) mass is 262 g/mol. The van der Waals surface area contributed by atoms with Crippen LogP contribution in [0.2, 0.25) is 0 Å². The number of hydrogen-bond donors (Lipinski definition) is 1. The minimum absolute atomic E-state index is 0. The van der Waals surface area contributed by atoms with Gasteiger partial charge in [0, 0.05) is 32.3 Å². The largest absolute Gasteiger partial charge is 0.381 e. The summed E-state index contributed by atoms with van der Waals surface area (Å²) in [6.07, 6.45) is 8.43. The van der Waals surface area contributed by atoms with Crippen molar-refractivity contribution < 1.29 is 4.74 Å². The maximum Gasteiger partial charge on any atom is 0.0595 e. The van der Waals surface area contributed by atoms with Gasteiger partial charge in [-0.25, -0.2) is 0 Å². The van der Waals surface area contributed by atoms with E-state index in [1.165, 1.54) is 51.6 Å². The van der Waals surface area contributed by atoms with Gasteiger partial charge in [0.1, 0.15) is 0 Å². The van der Waals surface area contributed by atoms with Crippen LogP contribution < -0.4 is 5.32 Å². The van der Waals surface area contributed by atoms with Gasteiger partial charge in [-0.1, -0.05) is 0 Å². The van der Waals surface area contributed by atoms with Gasteiger partial charge in [-0.3, -0.25) is 0 Å². The summed E-state index contributed by atoms with van der Waals surface area (Å²) in [5.74, 6) is 0. The van der Waals surface area contributed by atoms with Crippen molar-refractivity contribution in [2.45, 2.75) is 56.7 Å². The van der Waals surface area contributed by atoms with Crippen LogP contribution in [0.1, 0.15) is 38.5 Å². The first-order chi connectivity index (χ1) is 7.83. The summed E-state index contributed by atoms with van der Waals surface area (Å²) in [6, 6.07) is 1.62. The third kappa shape index (κ3) is 4.09. The van der Waals surface area contributed by atoms with Crippen molar-refractivity contribution in [3.8, 4) is 0 Å². The molecule has 0 aromatic rings. The van der Waals surface area contributed by atoms with Crippen LogP contribution in [0.25, 0.3) is 0 Å². The lowest BCUT2D eigenvalue weighted by Gasteiger charge is -2.40. The average Bonchev–Trinajstić information content (AvgIpc) is 2.39. The predicted molar refractivity (Wildman–Crippen MR) is 74.0 cm³/mol. The highest BCUT2D eigenvalue weighted by Crippen LogP contribution is 2.26. The van der Waals surface area contributed by atoms with Crippen LogP contribution in [0.3, 0.4) is 0 Å². The van der Waals surface area contributed by atoms with Gasteiger partial charge < -0.3 is 15.0 Å². The van der Waals surface area contributed by atoms with Crippen molar-refractivity contribution in [2.75, 3.05) is 27.2 Å². The van der Waals surface area contributed by atoms with Crippen LogP contribution in [0.15, 0.2) is 0 Å². The SMILES string of the molecule is CNC1CCC(N2CCC(OC)CC2)CC1.Cl. The highest BCUT2D eigenvalue weighted by molar-refractivity contribution is 5.85. The summed E-state index contributed by atoms with van der Waals surface area (Å²) in [5.41, 5.74) is 0. The van der Waals surface area contributed by atoms with E-state index in [2.05, 4.69) is 17.3 Å². The standard InChI is InChI=1S/C13H26N2O.ClH/c1-14-11-3-5-12(6-4-11)15-9-7-13(16-2)8-10-15;/h11-14H,3-10H2,1-2H3;1H. The van der Waals surface area contributed by atoms with E-state index in [0.29, 0.717) is 6.10 Å². The van der Waals surface area contributed by atoms with E-state index in [-0.39, 0.29) is 12.4 Å². The van der Waals surface area contributed by atoms with E-state index in [0.717, 1.165) is 12.1 Å². The number of hydrogen-bond acceptors (Lipinski definition) is 3. The molecule has 1 saturated heterocycles. The van der Waals surface area contributed by atoms with Gasteiger partial charge in [-0.05, 0) is 45.6 Å². The van der Waals surface area contributed by atoms with Crippen molar-refractivity contribution in [1.82, 2.24) is 10.2 Å². The van der Waals surface area contributed by atoms with Crippen molar-refractivity contribution in [3.63, 3.8) is 0 Å². The average molecular weight is 263 g/mol. The van der Waals surface area contributed by atoms with Gasteiger partial charge in [0.25, 0.3) is 0 Å². The first kappa shape index (κ1) is 15.2. The summed E-state index contributed by atoms with van der Waals surface area (Å²) in [6.45, 7) is 2.49. The van der Waals surface area contributed by atoms with Crippen LogP contribution in [0, 0.1) is 0 Å². The molecule has 2 fully saturated rings. The van der Waals surface area contributed by atoms with E-state index in [1.807, 2.05) is 7.11 Å². The molecule has 0 aromatic heterocycles. The zero-order valence-electron chi connectivity index (χ0n) is 11.2. The number of methoxy groups -OCH3 is 1. The summed E-state index contributed by atoms with van der Waals surface area (Å²) < 4.78 is 5.42. The third-order valence-electron chi connectivity index (χ3n) is 4.43. The first-order valence-electron chi connectivity index (χ1n) is 6.77. The second kappa shape index (κ2) is 7.57. The Balaban J connectivity index is 0.00000144. The predicted octanol–water partition coefficient (Wildman–Crippen LogP) is 2.05. The lowest BCUT2D eigenvalue weighted by Crippen LogP contribution is -2.46. The quantitative estimate of drug-likeness (QED) is 0.843. The molecule has 0 spiro atoms. The maximum absolute atomic E-state index is 5.42. The van der Waals surface area contributed by atoms with Gasteiger partial charge in [0.2, 0.25) is 0 Å². The number of nitrogens with one attached hydrogen (secondary N) is 1. The Bertz CT molecular complexity index is 178. The van der Waals surface area contributed by atoms with E-state index in [1.54, 1.807) is 0 Å². The zero-order chi connectivity index (χ0) is 11.4. The van der Waals surface area contributed by atoms with Gasteiger partial charge >= 0.3 is 0 Å². The Morgan fingerprint density at radius 1 is 1.00 bits per heavy atom. The molecule has 2 rings (SSSR count). The molecular weight excluding hydrogens is 236 g/mol.